The van der Waals surface area contributed by atoms with Gasteiger partial charge >= 0.3 is 11.9 Å². The van der Waals surface area contributed by atoms with E-state index in [1.54, 1.807) is 36.7 Å². The van der Waals surface area contributed by atoms with Gasteiger partial charge in [-0.05, 0) is 41.8 Å². The van der Waals surface area contributed by atoms with Gasteiger partial charge in [0.1, 0.15) is 12.2 Å². The molecule has 2 bridgehead atoms. The van der Waals surface area contributed by atoms with Crippen LogP contribution in [0.5, 0.6) is 0 Å². The number of carbonyl (C=O) groups is 2. The molecule has 0 N–H and O–H groups in total. The van der Waals surface area contributed by atoms with Crippen molar-refractivity contribution in [2.24, 2.45) is 0 Å². The molecule has 29 heavy (non-hydrogen) atoms. The number of pyridine rings is 2. The molecule has 2 aromatic heterocycles. The van der Waals surface area contributed by atoms with E-state index in [1.165, 1.54) is 12.4 Å². The molecule has 1 aromatic carbocycles. The van der Waals surface area contributed by atoms with E-state index in [9.17, 15) is 9.59 Å². The largest absolute Gasteiger partial charge is 0.454 e. The highest BCUT2D eigenvalue weighted by Gasteiger charge is 2.55. The van der Waals surface area contributed by atoms with E-state index in [1.807, 2.05) is 12.1 Å². The van der Waals surface area contributed by atoms with Crippen LogP contribution in [0.25, 0.3) is 0 Å². The Balaban J connectivity index is 1.44. The van der Waals surface area contributed by atoms with Gasteiger partial charge in [-0.15, -0.1) is 0 Å². The fourth-order valence-electron chi connectivity index (χ4n) is 4.44. The normalized spacial score (nSPS) is 24.0. The first kappa shape index (κ1) is 17.6. The summed E-state index contributed by atoms with van der Waals surface area (Å²) in [5.41, 5.74) is 3.08. The van der Waals surface area contributed by atoms with Crippen molar-refractivity contribution in [2.45, 2.75) is 30.5 Å². The maximum absolute atomic E-state index is 12.7. The summed E-state index contributed by atoms with van der Waals surface area (Å²) in [6.45, 7) is 0. The first-order valence-electron chi connectivity index (χ1n) is 9.53. The third kappa shape index (κ3) is 3.06. The second-order valence-electron chi connectivity index (χ2n) is 7.30. The minimum absolute atomic E-state index is 0.00326. The second kappa shape index (κ2) is 7.13. The summed E-state index contributed by atoms with van der Waals surface area (Å²) < 4.78 is 11.7. The molecule has 0 saturated heterocycles. The zero-order valence-corrected chi connectivity index (χ0v) is 15.5. The van der Waals surface area contributed by atoms with E-state index >= 15 is 0 Å². The molecule has 144 valence electrons. The van der Waals surface area contributed by atoms with Gasteiger partial charge in [-0.2, -0.15) is 0 Å². The highest BCUT2D eigenvalue weighted by atomic mass is 16.6. The monoisotopic (exact) mass is 386 g/mol. The lowest BCUT2D eigenvalue weighted by Gasteiger charge is -2.31. The van der Waals surface area contributed by atoms with Crippen LogP contribution < -0.4 is 0 Å². The van der Waals surface area contributed by atoms with Crippen LogP contribution in [-0.4, -0.2) is 34.1 Å². The molecule has 1 fully saturated rings. The number of hydrogen-bond donors (Lipinski definition) is 0. The number of aromatic nitrogens is 2. The van der Waals surface area contributed by atoms with E-state index in [4.69, 9.17) is 9.47 Å². The van der Waals surface area contributed by atoms with E-state index in [2.05, 4.69) is 22.1 Å². The first-order chi connectivity index (χ1) is 14.2. The van der Waals surface area contributed by atoms with Gasteiger partial charge in [-0.1, -0.05) is 24.3 Å². The number of benzene rings is 1. The van der Waals surface area contributed by atoms with Gasteiger partial charge in [0.25, 0.3) is 0 Å². The van der Waals surface area contributed by atoms with Gasteiger partial charge < -0.3 is 9.47 Å². The highest BCUT2D eigenvalue weighted by molar-refractivity contribution is 5.90. The zero-order valence-electron chi connectivity index (χ0n) is 15.5. The lowest BCUT2D eigenvalue weighted by molar-refractivity contribution is -0.0349. The van der Waals surface area contributed by atoms with Crippen molar-refractivity contribution in [3.63, 3.8) is 0 Å². The van der Waals surface area contributed by atoms with Crippen LogP contribution in [-0.2, 0) is 9.47 Å². The van der Waals surface area contributed by atoms with Crippen molar-refractivity contribution in [3.05, 3.63) is 95.6 Å². The molecule has 1 saturated carbocycles. The maximum atomic E-state index is 12.7. The number of nitrogens with zero attached hydrogens (tertiary/aromatic N) is 2. The Labute approximate surface area is 167 Å². The SMILES string of the molecule is O=C(OC1C2CC(c3ccccc32)C1OC(=O)c1cccnc1)c1cccnc1. The molecule has 0 radical (unpaired) electrons. The Morgan fingerprint density at radius 3 is 1.62 bits per heavy atom. The summed E-state index contributed by atoms with van der Waals surface area (Å²) in [4.78, 5) is 33.3. The van der Waals surface area contributed by atoms with Crippen LogP contribution in [0.4, 0.5) is 0 Å². The average Bonchev–Trinajstić information content (AvgIpc) is 3.32. The number of esters is 2. The van der Waals surface area contributed by atoms with Gasteiger partial charge in [-0.3, -0.25) is 9.97 Å². The van der Waals surface area contributed by atoms with Crippen molar-refractivity contribution < 1.29 is 19.1 Å². The lowest BCUT2D eigenvalue weighted by Crippen LogP contribution is -2.39. The summed E-state index contributed by atoms with van der Waals surface area (Å²) in [5.74, 6) is -0.918. The molecular weight excluding hydrogens is 368 g/mol. The molecular formula is C23H18N2O4. The van der Waals surface area contributed by atoms with Crippen molar-refractivity contribution in [1.29, 1.82) is 0 Å². The van der Waals surface area contributed by atoms with Gasteiger partial charge in [0.15, 0.2) is 0 Å². The fourth-order valence-corrected chi connectivity index (χ4v) is 4.44. The van der Waals surface area contributed by atoms with Crippen LogP contribution in [0.3, 0.4) is 0 Å². The van der Waals surface area contributed by atoms with E-state index < -0.39 is 24.1 Å². The van der Waals surface area contributed by atoms with Crippen LogP contribution in [0.2, 0.25) is 0 Å². The molecule has 0 amide bonds. The third-order valence-electron chi connectivity index (χ3n) is 5.70. The van der Waals surface area contributed by atoms with E-state index in [0.717, 1.165) is 17.5 Å². The topological polar surface area (TPSA) is 78.4 Å². The van der Waals surface area contributed by atoms with Crippen molar-refractivity contribution >= 4 is 11.9 Å². The van der Waals surface area contributed by atoms with Crippen molar-refractivity contribution in [3.8, 4) is 0 Å². The molecule has 2 aliphatic rings. The van der Waals surface area contributed by atoms with E-state index in [0.29, 0.717) is 11.1 Å². The third-order valence-corrected chi connectivity index (χ3v) is 5.70. The molecule has 0 spiro atoms. The zero-order chi connectivity index (χ0) is 19.8. The van der Waals surface area contributed by atoms with Crippen molar-refractivity contribution in [1.82, 2.24) is 9.97 Å². The summed E-state index contributed by atoms with van der Waals surface area (Å²) in [7, 11) is 0. The Kier molecular flexibility index (Phi) is 4.31. The van der Waals surface area contributed by atoms with Crippen LogP contribution in [0, 0.1) is 0 Å². The van der Waals surface area contributed by atoms with Crippen LogP contribution >= 0.6 is 0 Å². The molecule has 4 unspecified atom stereocenters. The quantitative estimate of drug-likeness (QED) is 0.639. The van der Waals surface area contributed by atoms with Crippen molar-refractivity contribution in [2.75, 3.05) is 0 Å². The summed E-state index contributed by atoms with van der Waals surface area (Å²) in [6, 6.07) is 14.8. The fraction of sp³-hybridized carbons (Fsp3) is 0.217. The summed E-state index contributed by atoms with van der Waals surface area (Å²) >= 11 is 0. The molecule has 5 rings (SSSR count). The predicted octanol–water partition coefficient (Wildman–Crippen LogP) is 3.51. The van der Waals surface area contributed by atoms with Gasteiger partial charge in [0.05, 0.1) is 11.1 Å². The number of hydrogen-bond acceptors (Lipinski definition) is 6. The van der Waals surface area contributed by atoms with Crippen LogP contribution in [0.15, 0.2) is 73.3 Å². The predicted molar refractivity (Wildman–Crippen MR) is 103 cm³/mol. The Hall–Kier alpha value is -3.54. The highest BCUT2D eigenvalue weighted by Crippen LogP contribution is 2.55. The first-order valence-corrected chi connectivity index (χ1v) is 9.53. The lowest BCUT2D eigenvalue weighted by atomic mass is 9.87. The number of fused-ring (bicyclic) bond motifs is 5. The standard InChI is InChI=1S/C23H18N2O4/c26-22(14-5-3-9-24-12-14)28-20-18-11-19(17-8-2-1-7-16(17)18)21(20)29-23(27)15-6-4-10-25-13-15/h1-10,12-13,18-21H,11H2. The molecule has 6 heteroatoms. The minimum Gasteiger partial charge on any atom is -0.454 e. The molecule has 3 aromatic rings. The van der Waals surface area contributed by atoms with Gasteiger partial charge in [0.2, 0.25) is 0 Å². The number of carbonyl (C=O) groups excluding carboxylic acids is 2. The molecule has 2 heterocycles. The maximum Gasteiger partial charge on any atom is 0.340 e. The molecule has 2 aliphatic carbocycles. The number of rotatable bonds is 4. The van der Waals surface area contributed by atoms with Gasteiger partial charge in [-0.25, -0.2) is 9.59 Å². The average molecular weight is 386 g/mol. The molecule has 4 atom stereocenters. The number of ether oxygens (including phenoxy) is 2. The molecule has 6 nitrogen and oxygen atoms in total. The summed E-state index contributed by atoms with van der Waals surface area (Å²) in [6.07, 6.45) is 5.85. The summed E-state index contributed by atoms with van der Waals surface area (Å²) in [5, 5.41) is 0. The van der Waals surface area contributed by atoms with Crippen LogP contribution in [0.1, 0.15) is 50.1 Å². The Morgan fingerprint density at radius 1 is 0.724 bits per heavy atom. The smallest absolute Gasteiger partial charge is 0.340 e. The van der Waals surface area contributed by atoms with Gasteiger partial charge in [0, 0.05) is 36.6 Å². The second-order valence-corrected chi connectivity index (χ2v) is 7.30. The minimum atomic E-state index is -0.539. The Morgan fingerprint density at radius 2 is 1.21 bits per heavy atom. The molecule has 0 aliphatic heterocycles. The van der Waals surface area contributed by atoms with E-state index in [-0.39, 0.29) is 11.8 Å². The Bertz CT molecular complexity index is 970.